The molecule has 14 nitrogen and oxygen atoms in total. The fourth-order valence-electron chi connectivity index (χ4n) is 7.01. The zero-order chi connectivity index (χ0) is 47.1. The fourth-order valence-corrected chi connectivity index (χ4v) is 8.77. The van der Waals surface area contributed by atoms with Gasteiger partial charge in [0.05, 0.1) is 21.8 Å². The van der Waals surface area contributed by atoms with Crippen LogP contribution < -0.4 is 37.3 Å². The highest BCUT2D eigenvalue weighted by molar-refractivity contribution is 7.97. The van der Waals surface area contributed by atoms with Crippen molar-refractivity contribution < 1.29 is 9.59 Å². The lowest BCUT2D eigenvalue weighted by Gasteiger charge is -2.16. The van der Waals surface area contributed by atoms with Crippen molar-refractivity contribution in [2.45, 2.75) is 138 Å². The Morgan fingerprint density at radius 2 is 1.06 bits per heavy atom. The average molecular weight is 931 g/mol. The first-order valence-electron chi connectivity index (χ1n) is 23.0. The lowest BCUT2D eigenvalue weighted by atomic mass is 10.2. The van der Waals surface area contributed by atoms with Crippen LogP contribution in [0.2, 0.25) is 0 Å². The molecule has 0 amide bonds. The SMILES string of the molecule is C=CC=O.C=CC=O.CN(C)CCCCn1c(=O)c2cc(SNC3(C)CC3)ccc2n(CC2CC2)c1=O.CNCCCCn1c(=O)c2cc(SNC3(C)CC3)ccc2n(CC2CC2)c1=O. The van der Waals surface area contributed by atoms with Crippen LogP contribution in [0.15, 0.2) is 90.7 Å². The van der Waals surface area contributed by atoms with Crippen LogP contribution in [0.3, 0.4) is 0 Å². The van der Waals surface area contributed by atoms with Gasteiger partial charge in [0, 0.05) is 47.0 Å². The van der Waals surface area contributed by atoms with Crippen molar-refractivity contribution in [2.75, 3.05) is 34.2 Å². The molecule has 4 saturated carbocycles. The summed E-state index contributed by atoms with van der Waals surface area (Å²) in [5, 5.41) is 4.43. The molecule has 0 bridgehead atoms. The highest BCUT2D eigenvalue weighted by atomic mass is 32.2. The monoisotopic (exact) mass is 930 g/mol. The van der Waals surface area contributed by atoms with Crippen molar-refractivity contribution in [1.82, 2.24) is 37.9 Å². The van der Waals surface area contributed by atoms with E-state index in [1.54, 1.807) is 23.9 Å². The summed E-state index contributed by atoms with van der Waals surface area (Å²) in [5.41, 5.74) is 1.38. The van der Waals surface area contributed by atoms with E-state index >= 15 is 0 Å². The van der Waals surface area contributed by atoms with Crippen LogP contribution in [0.4, 0.5) is 0 Å². The summed E-state index contributed by atoms with van der Waals surface area (Å²) in [6, 6.07) is 11.9. The van der Waals surface area contributed by atoms with Crippen molar-refractivity contribution in [3.8, 4) is 0 Å². The predicted molar refractivity (Wildman–Crippen MR) is 267 cm³/mol. The van der Waals surface area contributed by atoms with Gasteiger partial charge in [-0.15, -0.1) is 0 Å². The minimum atomic E-state index is -0.156. The van der Waals surface area contributed by atoms with E-state index in [0.717, 1.165) is 72.7 Å². The lowest BCUT2D eigenvalue weighted by molar-refractivity contribution is -0.104. The first kappa shape index (κ1) is 51.7. The second-order valence-corrected chi connectivity index (χ2v) is 20.3. The molecule has 4 aliphatic carbocycles. The zero-order valence-corrected chi connectivity index (χ0v) is 40.7. The topological polar surface area (TPSA) is 161 Å². The van der Waals surface area contributed by atoms with Crippen molar-refractivity contribution in [3.63, 3.8) is 0 Å². The summed E-state index contributed by atoms with van der Waals surface area (Å²) in [6.07, 6.45) is 16.7. The van der Waals surface area contributed by atoms with Gasteiger partial charge in [0.25, 0.3) is 11.1 Å². The molecule has 2 aromatic carbocycles. The zero-order valence-electron chi connectivity index (χ0n) is 39.1. The largest absolute Gasteiger partial charge is 0.331 e. The molecule has 2 aromatic heterocycles. The highest BCUT2D eigenvalue weighted by Crippen LogP contribution is 2.39. The number of hydrogen-bond donors (Lipinski definition) is 3. The maximum atomic E-state index is 13.2. The summed E-state index contributed by atoms with van der Waals surface area (Å²) in [4.78, 5) is 74.9. The molecule has 0 spiro atoms. The second kappa shape index (κ2) is 24.4. The molecule has 4 fully saturated rings. The molecule has 0 radical (unpaired) electrons. The molecule has 8 rings (SSSR count). The summed E-state index contributed by atoms with van der Waals surface area (Å²) < 4.78 is 13.6. The molecule has 0 atom stereocenters. The number of nitrogens with one attached hydrogen (secondary N) is 3. The number of unbranched alkanes of at least 4 members (excludes halogenated alkanes) is 2. The lowest BCUT2D eigenvalue weighted by Crippen LogP contribution is -2.40. The van der Waals surface area contributed by atoms with Crippen LogP contribution in [0.1, 0.15) is 90.9 Å². The molecular formula is C49H70N8O6S2. The number of aromatic nitrogens is 4. The van der Waals surface area contributed by atoms with Gasteiger partial charge in [0.2, 0.25) is 0 Å². The molecule has 4 aliphatic rings. The number of rotatable bonds is 22. The Morgan fingerprint density at radius 1 is 0.662 bits per heavy atom. The maximum Gasteiger partial charge on any atom is 0.331 e. The van der Waals surface area contributed by atoms with Gasteiger partial charge in [-0.3, -0.25) is 46.9 Å². The summed E-state index contributed by atoms with van der Waals surface area (Å²) in [5.74, 6) is 1.14. The Morgan fingerprint density at radius 3 is 1.40 bits per heavy atom. The van der Waals surface area contributed by atoms with Crippen LogP contribution in [0, 0.1) is 11.8 Å². The number of fused-ring (bicyclic) bond motifs is 2. The Balaban J connectivity index is 0.000000210. The van der Waals surface area contributed by atoms with Gasteiger partial charge in [-0.25, -0.2) is 9.59 Å². The first-order valence-corrected chi connectivity index (χ1v) is 24.7. The van der Waals surface area contributed by atoms with Crippen LogP contribution in [-0.2, 0) is 35.8 Å². The van der Waals surface area contributed by atoms with Gasteiger partial charge < -0.3 is 10.2 Å². The number of hydrogen-bond acceptors (Lipinski definition) is 12. The smallest absolute Gasteiger partial charge is 0.320 e. The van der Waals surface area contributed by atoms with Gasteiger partial charge in [-0.05, 0) is 209 Å². The fraction of sp³-hybridized carbons (Fsp3) is 0.551. The minimum absolute atomic E-state index is 0.150. The van der Waals surface area contributed by atoms with Crippen LogP contribution in [0.5, 0.6) is 0 Å². The normalized spacial score (nSPS) is 16.3. The number of carbonyl (C=O) groups is 2. The van der Waals surface area contributed by atoms with Gasteiger partial charge in [0.1, 0.15) is 12.6 Å². The summed E-state index contributed by atoms with van der Waals surface area (Å²) in [6.45, 7) is 14.9. The van der Waals surface area contributed by atoms with Crippen LogP contribution >= 0.6 is 23.9 Å². The van der Waals surface area contributed by atoms with Gasteiger partial charge in [-0.1, -0.05) is 13.2 Å². The number of nitrogens with zero attached hydrogens (tertiary/aromatic N) is 5. The van der Waals surface area contributed by atoms with Crippen LogP contribution in [0.25, 0.3) is 21.8 Å². The van der Waals surface area contributed by atoms with E-state index in [1.165, 1.54) is 72.7 Å². The maximum absolute atomic E-state index is 13.2. The van der Waals surface area contributed by atoms with E-state index in [4.69, 9.17) is 9.59 Å². The Hall–Kier alpha value is -4.32. The predicted octanol–water partition coefficient (Wildman–Crippen LogP) is 6.53. The molecule has 0 saturated heterocycles. The standard InChI is InChI=1S/C22H32N4O2S.C21H30N4O2S.2C3H4O/c1-22(10-11-22)23-29-17-8-9-19-18(14-17)20(27)25(13-5-4-12-24(2)3)21(28)26(19)15-16-6-7-16;1-21(9-10-21)23-28-16-7-8-18-17(13-16)19(26)24(12-4-3-11-22-2)20(27)25(18)14-15-5-6-15;2*1-2-3-4/h8-9,14,16,23H,4-7,10-13,15H2,1-3H3;7-8,13,15,22-23H,3-6,9-12,14H2,1-2H3;2*2-3H,1H2. The van der Waals surface area contributed by atoms with E-state index in [2.05, 4.69) is 46.7 Å². The average Bonchev–Trinajstić information content (AvgIpc) is 4.07. The molecule has 2 heterocycles. The number of benzene rings is 2. The van der Waals surface area contributed by atoms with E-state index in [1.807, 2.05) is 66.7 Å². The van der Waals surface area contributed by atoms with Crippen molar-refractivity contribution >= 4 is 58.3 Å². The summed E-state index contributed by atoms with van der Waals surface area (Å²) in [7, 11) is 6.00. The molecule has 65 heavy (non-hydrogen) atoms. The van der Waals surface area contributed by atoms with E-state index in [9.17, 15) is 19.2 Å². The van der Waals surface area contributed by atoms with Gasteiger partial charge >= 0.3 is 11.4 Å². The molecule has 4 aromatic rings. The molecule has 3 N–H and O–H groups in total. The third kappa shape index (κ3) is 15.6. The highest BCUT2D eigenvalue weighted by Gasteiger charge is 2.38. The number of allylic oxidation sites excluding steroid dienone is 2. The van der Waals surface area contributed by atoms with E-state index < -0.39 is 0 Å². The Kier molecular flexibility index (Phi) is 19.4. The molecular weight excluding hydrogens is 861 g/mol. The van der Waals surface area contributed by atoms with Crippen molar-refractivity contribution in [2.24, 2.45) is 11.8 Å². The Labute approximate surface area is 391 Å². The van der Waals surface area contributed by atoms with Crippen molar-refractivity contribution in [3.05, 3.63) is 103 Å². The third-order valence-electron chi connectivity index (χ3n) is 12.0. The van der Waals surface area contributed by atoms with Gasteiger partial charge in [-0.2, -0.15) is 0 Å². The summed E-state index contributed by atoms with van der Waals surface area (Å²) >= 11 is 3.18. The quantitative estimate of drug-likeness (QED) is 0.0339. The molecule has 0 unspecified atom stereocenters. The van der Waals surface area contributed by atoms with Crippen LogP contribution in [-0.4, -0.2) is 81.1 Å². The molecule has 16 heteroatoms. The van der Waals surface area contributed by atoms with Crippen molar-refractivity contribution in [1.29, 1.82) is 0 Å². The molecule has 0 aliphatic heterocycles. The minimum Gasteiger partial charge on any atom is -0.320 e. The number of aldehydes is 2. The third-order valence-corrected chi connectivity index (χ3v) is 14.2. The first-order chi connectivity index (χ1) is 31.2. The number of carbonyl (C=O) groups excluding carboxylic acids is 2. The van der Waals surface area contributed by atoms with E-state index in [0.29, 0.717) is 48.3 Å². The molecule has 354 valence electrons. The second-order valence-electron chi connectivity index (χ2n) is 18.5. The van der Waals surface area contributed by atoms with Gasteiger partial charge in [0.15, 0.2) is 0 Å². The van der Waals surface area contributed by atoms with E-state index in [-0.39, 0.29) is 33.6 Å². The Bertz CT molecular complexity index is 2490.